The molecule has 0 unspecified atom stereocenters. The van der Waals surface area contributed by atoms with E-state index in [0.29, 0.717) is 25.7 Å². The molecule has 0 fully saturated rings. The molecule has 5 nitrogen and oxygen atoms in total. The standard InChI is InChI=1S/C24H25N3O2.ClH/c25-15-8-16-27(24-26-21-12-5-7-14-23(21)29-24)17-20-11-4-6-13-22(20)28-18-19-9-2-1-3-10-19;/h1-7,9-14H,8,15-18,25H2;1H. The lowest BCUT2D eigenvalue weighted by molar-refractivity contribution is 0.302. The lowest BCUT2D eigenvalue weighted by Crippen LogP contribution is -2.26. The molecule has 0 spiro atoms. The first-order valence-electron chi connectivity index (χ1n) is 9.89. The van der Waals surface area contributed by atoms with Crippen molar-refractivity contribution in [3.63, 3.8) is 0 Å². The number of oxazole rings is 1. The third-order valence-electron chi connectivity index (χ3n) is 4.76. The van der Waals surface area contributed by atoms with Gasteiger partial charge in [0.15, 0.2) is 5.58 Å². The number of aromatic nitrogens is 1. The van der Waals surface area contributed by atoms with E-state index in [2.05, 4.69) is 28.1 Å². The summed E-state index contributed by atoms with van der Waals surface area (Å²) in [6.07, 6.45) is 0.853. The number of nitrogens with zero attached hydrogens (tertiary/aromatic N) is 2. The molecule has 30 heavy (non-hydrogen) atoms. The minimum absolute atomic E-state index is 0. The minimum Gasteiger partial charge on any atom is -0.489 e. The molecular weight excluding hydrogens is 398 g/mol. The first-order valence-corrected chi connectivity index (χ1v) is 9.89. The van der Waals surface area contributed by atoms with Gasteiger partial charge >= 0.3 is 0 Å². The van der Waals surface area contributed by atoms with Gasteiger partial charge in [0.2, 0.25) is 0 Å². The summed E-state index contributed by atoms with van der Waals surface area (Å²) in [5, 5.41) is 0. The highest BCUT2D eigenvalue weighted by atomic mass is 35.5. The SMILES string of the molecule is Cl.NCCCN(Cc1ccccc1OCc1ccccc1)c1nc2ccccc2o1. The van der Waals surface area contributed by atoms with Gasteiger partial charge in [-0.2, -0.15) is 4.98 Å². The molecule has 0 amide bonds. The van der Waals surface area contributed by atoms with E-state index < -0.39 is 0 Å². The highest BCUT2D eigenvalue weighted by Crippen LogP contribution is 2.26. The number of rotatable bonds is 9. The van der Waals surface area contributed by atoms with Crippen molar-refractivity contribution in [3.8, 4) is 5.75 Å². The van der Waals surface area contributed by atoms with Crippen molar-refractivity contribution in [2.45, 2.75) is 19.6 Å². The molecule has 2 N–H and O–H groups in total. The van der Waals surface area contributed by atoms with Crippen LogP contribution in [-0.2, 0) is 13.2 Å². The van der Waals surface area contributed by atoms with Crippen molar-refractivity contribution in [1.29, 1.82) is 0 Å². The number of hydrogen-bond donors (Lipinski definition) is 1. The Hall–Kier alpha value is -3.02. The fraction of sp³-hybridized carbons (Fsp3) is 0.208. The normalized spacial score (nSPS) is 10.6. The van der Waals surface area contributed by atoms with Crippen LogP contribution in [0.1, 0.15) is 17.5 Å². The van der Waals surface area contributed by atoms with Crippen LogP contribution in [0.4, 0.5) is 6.01 Å². The summed E-state index contributed by atoms with van der Waals surface area (Å²) in [4.78, 5) is 6.79. The van der Waals surface area contributed by atoms with Crippen molar-refractivity contribution in [2.75, 3.05) is 18.0 Å². The van der Waals surface area contributed by atoms with Crippen molar-refractivity contribution < 1.29 is 9.15 Å². The first kappa shape index (κ1) is 21.7. The van der Waals surface area contributed by atoms with Gasteiger partial charge in [0.25, 0.3) is 6.01 Å². The molecule has 4 rings (SSSR count). The fourth-order valence-electron chi connectivity index (χ4n) is 3.24. The summed E-state index contributed by atoms with van der Waals surface area (Å²) in [6.45, 7) is 2.54. The lowest BCUT2D eigenvalue weighted by atomic mass is 10.2. The van der Waals surface area contributed by atoms with Crippen LogP contribution in [0.2, 0.25) is 0 Å². The molecule has 0 aliphatic heterocycles. The van der Waals surface area contributed by atoms with Crippen LogP contribution in [0.25, 0.3) is 11.1 Å². The van der Waals surface area contributed by atoms with E-state index in [0.717, 1.165) is 40.9 Å². The second-order valence-electron chi connectivity index (χ2n) is 6.91. The summed E-state index contributed by atoms with van der Waals surface area (Å²) in [5.74, 6) is 0.866. The first-order chi connectivity index (χ1) is 14.3. The second-order valence-corrected chi connectivity index (χ2v) is 6.91. The number of fused-ring (bicyclic) bond motifs is 1. The van der Waals surface area contributed by atoms with E-state index in [4.69, 9.17) is 14.9 Å². The zero-order valence-corrected chi connectivity index (χ0v) is 17.6. The van der Waals surface area contributed by atoms with E-state index in [1.165, 1.54) is 0 Å². The Kier molecular flexibility index (Phi) is 7.71. The van der Waals surface area contributed by atoms with Crippen molar-refractivity contribution in [2.24, 2.45) is 5.73 Å². The Morgan fingerprint density at radius 2 is 1.63 bits per heavy atom. The molecule has 3 aromatic carbocycles. The lowest BCUT2D eigenvalue weighted by Gasteiger charge is -2.22. The van der Waals surface area contributed by atoms with Crippen molar-refractivity contribution in [1.82, 2.24) is 4.98 Å². The minimum atomic E-state index is 0. The molecule has 6 heteroatoms. The number of nitrogens with two attached hydrogens (primary N) is 1. The zero-order valence-electron chi connectivity index (χ0n) is 16.7. The van der Waals surface area contributed by atoms with Crippen molar-refractivity contribution in [3.05, 3.63) is 90.0 Å². The largest absolute Gasteiger partial charge is 0.489 e. The summed E-state index contributed by atoms with van der Waals surface area (Å²) >= 11 is 0. The Bertz CT molecular complexity index is 1020. The van der Waals surface area contributed by atoms with Crippen LogP contribution in [-0.4, -0.2) is 18.1 Å². The van der Waals surface area contributed by atoms with Crippen LogP contribution >= 0.6 is 12.4 Å². The van der Waals surface area contributed by atoms with Gasteiger partial charge in [-0.05, 0) is 36.7 Å². The third kappa shape index (κ3) is 5.32. The summed E-state index contributed by atoms with van der Waals surface area (Å²) in [5.41, 5.74) is 9.63. The van der Waals surface area contributed by atoms with Gasteiger partial charge in [0.05, 0.1) is 6.54 Å². The van der Waals surface area contributed by atoms with Crippen molar-refractivity contribution >= 4 is 29.5 Å². The molecule has 0 aliphatic carbocycles. The molecule has 0 bridgehead atoms. The molecule has 0 aliphatic rings. The van der Waals surface area contributed by atoms with Crippen LogP contribution in [0, 0.1) is 0 Å². The third-order valence-corrected chi connectivity index (χ3v) is 4.76. The molecule has 0 atom stereocenters. The number of para-hydroxylation sites is 3. The van der Waals surface area contributed by atoms with Crippen LogP contribution in [0.5, 0.6) is 5.75 Å². The fourth-order valence-corrected chi connectivity index (χ4v) is 3.24. The van der Waals surface area contributed by atoms with Crippen LogP contribution in [0.3, 0.4) is 0 Å². The van der Waals surface area contributed by atoms with Gasteiger partial charge in [-0.3, -0.25) is 0 Å². The quantitative estimate of drug-likeness (QED) is 0.401. The average Bonchev–Trinajstić information content (AvgIpc) is 3.21. The maximum Gasteiger partial charge on any atom is 0.298 e. The van der Waals surface area contributed by atoms with E-state index in [-0.39, 0.29) is 12.4 Å². The predicted octanol–water partition coefficient (Wildman–Crippen LogP) is 5.18. The molecule has 0 saturated carbocycles. The highest BCUT2D eigenvalue weighted by Gasteiger charge is 2.16. The molecule has 0 radical (unpaired) electrons. The van der Waals surface area contributed by atoms with Gasteiger partial charge in [-0.25, -0.2) is 0 Å². The van der Waals surface area contributed by atoms with E-state index >= 15 is 0 Å². The number of benzene rings is 3. The molecular formula is C24H26ClN3O2. The van der Waals surface area contributed by atoms with Crippen LogP contribution < -0.4 is 15.4 Å². The van der Waals surface area contributed by atoms with Gasteiger partial charge in [0, 0.05) is 12.1 Å². The molecule has 4 aromatic rings. The Morgan fingerprint density at radius 3 is 2.43 bits per heavy atom. The smallest absolute Gasteiger partial charge is 0.298 e. The molecule has 1 aromatic heterocycles. The highest BCUT2D eigenvalue weighted by molar-refractivity contribution is 5.85. The molecule has 156 valence electrons. The number of ether oxygens (including phenoxy) is 1. The van der Waals surface area contributed by atoms with Gasteiger partial charge in [-0.15, -0.1) is 12.4 Å². The van der Waals surface area contributed by atoms with E-state index in [1.54, 1.807) is 0 Å². The summed E-state index contributed by atoms with van der Waals surface area (Å²) in [6, 6.07) is 26.7. The Labute approximate surface area is 182 Å². The maximum absolute atomic E-state index is 6.12. The summed E-state index contributed by atoms with van der Waals surface area (Å²) < 4.78 is 12.1. The van der Waals surface area contributed by atoms with Crippen LogP contribution in [0.15, 0.2) is 83.3 Å². The van der Waals surface area contributed by atoms with Gasteiger partial charge in [-0.1, -0.05) is 60.7 Å². The Morgan fingerprint density at radius 1 is 0.900 bits per heavy atom. The summed E-state index contributed by atoms with van der Waals surface area (Å²) in [7, 11) is 0. The monoisotopic (exact) mass is 423 g/mol. The zero-order chi connectivity index (χ0) is 19.9. The molecule has 0 saturated heterocycles. The average molecular weight is 424 g/mol. The molecule has 1 heterocycles. The number of anilines is 1. The van der Waals surface area contributed by atoms with Gasteiger partial charge in [0.1, 0.15) is 17.9 Å². The van der Waals surface area contributed by atoms with E-state index in [1.807, 2.05) is 60.7 Å². The number of halogens is 1. The Balaban J connectivity index is 0.00000256. The topological polar surface area (TPSA) is 64.5 Å². The maximum atomic E-state index is 6.12. The predicted molar refractivity (Wildman–Crippen MR) is 123 cm³/mol. The number of hydrogen-bond acceptors (Lipinski definition) is 5. The second kappa shape index (κ2) is 10.7. The van der Waals surface area contributed by atoms with Gasteiger partial charge < -0.3 is 19.8 Å². The van der Waals surface area contributed by atoms with E-state index in [9.17, 15) is 0 Å².